The summed E-state index contributed by atoms with van der Waals surface area (Å²) in [5, 5.41) is 0.934. The van der Waals surface area contributed by atoms with Gasteiger partial charge >= 0.3 is 7.82 Å². The summed E-state index contributed by atoms with van der Waals surface area (Å²) in [6, 6.07) is 6.16. The van der Waals surface area contributed by atoms with E-state index in [2.05, 4.69) is 37.6 Å². The van der Waals surface area contributed by atoms with Gasteiger partial charge in [0.1, 0.15) is 0 Å². The molecule has 0 radical (unpaired) electrons. The summed E-state index contributed by atoms with van der Waals surface area (Å²) in [6.07, 6.45) is 2.74. The molecule has 0 aliphatic heterocycles. The van der Waals surface area contributed by atoms with Crippen LogP contribution >= 0.6 is 7.82 Å². The summed E-state index contributed by atoms with van der Waals surface area (Å²) in [5.74, 6) is 0.173. The lowest BCUT2D eigenvalue weighted by molar-refractivity contribution is 0.177. The van der Waals surface area contributed by atoms with E-state index in [1.165, 1.54) is 0 Å². The smallest absolute Gasteiger partial charge is 0.402 e. The summed E-state index contributed by atoms with van der Waals surface area (Å²) in [7, 11) is -4.57. The van der Waals surface area contributed by atoms with E-state index < -0.39 is 7.82 Å². The van der Waals surface area contributed by atoms with E-state index in [1.807, 2.05) is 12.3 Å². The highest BCUT2D eigenvalue weighted by Gasteiger charge is 2.19. The number of benzene rings is 1. The first kappa shape index (κ1) is 18.0. The van der Waals surface area contributed by atoms with Gasteiger partial charge in [0.25, 0.3) is 0 Å². The molecule has 0 saturated heterocycles. The minimum Gasteiger partial charge on any atom is -0.402 e. The average molecular weight is 340 g/mol. The van der Waals surface area contributed by atoms with Gasteiger partial charge in [-0.3, -0.25) is 14.7 Å². The number of aromatic nitrogens is 1. The van der Waals surface area contributed by atoms with Crippen molar-refractivity contribution in [1.29, 1.82) is 0 Å². The molecule has 0 amide bonds. The van der Waals surface area contributed by atoms with Gasteiger partial charge in [-0.15, -0.1) is 0 Å². The lowest BCUT2D eigenvalue weighted by Crippen LogP contribution is -2.38. The molecule has 6 nitrogen and oxygen atoms in total. The number of hydrogen-bond acceptors (Lipinski definition) is 3. The van der Waals surface area contributed by atoms with Gasteiger partial charge in [-0.05, 0) is 45.7 Å². The van der Waals surface area contributed by atoms with Gasteiger partial charge in [0.2, 0.25) is 0 Å². The van der Waals surface area contributed by atoms with Crippen LogP contribution < -0.4 is 4.52 Å². The van der Waals surface area contributed by atoms with Gasteiger partial charge in [0.15, 0.2) is 5.75 Å². The molecule has 0 fully saturated rings. The van der Waals surface area contributed by atoms with Crippen molar-refractivity contribution in [3.05, 3.63) is 30.0 Å². The second-order valence-corrected chi connectivity index (χ2v) is 7.41. The predicted octanol–water partition coefficient (Wildman–Crippen LogP) is 3.30. The maximum absolute atomic E-state index is 11.1. The van der Waals surface area contributed by atoms with Crippen LogP contribution in [0.1, 0.15) is 33.3 Å². The number of nitrogens with zero attached hydrogens (tertiary/aromatic N) is 1. The summed E-state index contributed by atoms with van der Waals surface area (Å²) in [4.78, 5) is 23.5. The van der Waals surface area contributed by atoms with E-state index in [4.69, 9.17) is 14.3 Å². The first-order chi connectivity index (χ1) is 10.7. The quantitative estimate of drug-likeness (QED) is 0.673. The number of phosphoric ester groups is 1. The van der Waals surface area contributed by atoms with Gasteiger partial charge in [-0.1, -0.05) is 12.1 Å². The van der Waals surface area contributed by atoms with Crippen molar-refractivity contribution >= 4 is 18.7 Å². The van der Waals surface area contributed by atoms with Crippen LogP contribution in [-0.2, 0) is 11.0 Å². The van der Waals surface area contributed by atoms with Crippen molar-refractivity contribution in [3.8, 4) is 5.75 Å². The minimum atomic E-state index is -4.57. The highest BCUT2D eigenvalue weighted by Crippen LogP contribution is 2.40. The van der Waals surface area contributed by atoms with Crippen molar-refractivity contribution in [2.45, 2.75) is 46.2 Å². The molecule has 0 saturated carbocycles. The summed E-state index contributed by atoms with van der Waals surface area (Å²) >= 11 is 0. The molecule has 0 bridgehead atoms. The molecule has 7 heteroatoms. The first-order valence-electron chi connectivity index (χ1n) is 7.79. The summed E-state index contributed by atoms with van der Waals surface area (Å²) in [5.41, 5.74) is 1.73. The zero-order valence-corrected chi connectivity index (χ0v) is 14.9. The second kappa shape index (κ2) is 7.05. The van der Waals surface area contributed by atoms with E-state index in [0.717, 1.165) is 23.9 Å². The Labute approximate surface area is 136 Å². The second-order valence-electron chi connectivity index (χ2n) is 6.25. The third kappa shape index (κ3) is 4.58. The Kier molecular flexibility index (Phi) is 5.53. The Bertz CT molecular complexity index is 697. The van der Waals surface area contributed by atoms with Crippen molar-refractivity contribution in [1.82, 2.24) is 9.88 Å². The standard InChI is InChI=1S/C16H25N2O4P/c1-11(2)18(12(3)4)9-8-13-10-17-16-14(13)6-5-7-15(16)22-23(19,20)21/h5-7,10-12,17H,8-9H2,1-4H3,(H2,19,20,21). The van der Waals surface area contributed by atoms with Gasteiger partial charge < -0.3 is 9.51 Å². The molecule has 0 aliphatic rings. The maximum atomic E-state index is 11.1. The molecule has 2 rings (SSSR count). The third-order valence-electron chi connectivity index (χ3n) is 3.95. The molecule has 1 aromatic heterocycles. The molecule has 1 heterocycles. The van der Waals surface area contributed by atoms with E-state index in [1.54, 1.807) is 12.1 Å². The van der Waals surface area contributed by atoms with Crippen LogP contribution in [0.15, 0.2) is 24.4 Å². The van der Waals surface area contributed by atoms with Gasteiger partial charge in [-0.25, -0.2) is 4.57 Å². The number of rotatable bonds is 7. The van der Waals surface area contributed by atoms with Crippen molar-refractivity contribution in [2.75, 3.05) is 6.54 Å². The minimum absolute atomic E-state index is 0.173. The molecule has 128 valence electrons. The molecular formula is C16H25N2O4P. The highest BCUT2D eigenvalue weighted by atomic mass is 31.2. The predicted molar refractivity (Wildman–Crippen MR) is 91.7 cm³/mol. The van der Waals surface area contributed by atoms with E-state index in [9.17, 15) is 4.57 Å². The third-order valence-corrected chi connectivity index (χ3v) is 4.38. The summed E-state index contributed by atoms with van der Waals surface area (Å²) in [6.45, 7) is 9.65. The number of para-hydroxylation sites is 1. The molecule has 2 aromatic rings. The lowest BCUT2D eigenvalue weighted by atomic mass is 10.1. The normalized spacial score (nSPS) is 12.7. The van der Waals surface area contributed by atoms with E-state index in [0.29, 0.717) is 17.6 Å². The zero-order valence-electron chi connectivity index (χ0n) is 14.0. The number of hydrogen-bond donors (Lipinski definition) is 3. The van der Waals surface area contributed by atoms with Crippen LogP contribution in [0.3, 0.4) is 0 Å². The number of phosphoric acid groups is 1. The molecule has 1 aromatic carbocycles. The van der Waals surface area contributed by atoms with Crippen LogP contribution in [-0.4, -0.2) is 38.3 Å². The Morgan fingerprint density at radius 3 is 2.43 bits per heavy atom. The molecule has 0 unspecified atom stereocenters. The van der Waals surface area contributed by atoms with Crippen molar-refractivity contribution < 1.29 is 18.9 Å². The fourth-order valence-corrected chi connectivity index (χ4v) is 3.37. The number of aromatic amines is 1. The van der Waals surface area contributed by atoms with Crippen molar-refractivity contribution in [2.24, 2.45) is 0 Å². The van der Waals surface area contributed by atoms with Gasteiger partial charge in [-0.2, -0.15) is 0 Å². The molecule has 0 aliphatic carbocycles. The largest absolute Gasteiger partial charge is 0.524 e. The monoisotopic (exact) mass is 340 g/mol. The van der Waals surface area contributed by atoms with E-state index >= 15 is 0 Å². The Hall–Kier alpha value is -1.33. The number of H-pyrrole nitrogens is 1. The number of nitrogens with one attached hydrogen (secondary N) is 1. The van der Waals surface area contributed by atoms with Gasteiger partial charge in [0, 0.05) is 30.2 Å². The fourth-order valence-electron chi connectivity index (χ4n) is 2.96. The number of fused-ring (bicyclic) bond motifs is 1. The average Bonchev–Trinajstić information content (AvgIpc) is 2.81. The SMILES string of the molecule is CC(C)N(CCc1c[nH]c2c(OP(=O)(O)O)cccc12)C(C)C. The van der Waals surface area contributed by atoms with E-state index in [-0.39, 0.29) is 5.75 Å². The van der Waals surface area contributed by atoms with Crippen molar-refractivity contribution in [3.63, 3.8) is 0 Å². The lowest BCUT2D eigenvalue weighted by Gasteiger charge is -2.30. The molecule has 0 spiro atoms. The maximum Gasteiger partial charge on any atom is 0.524 e. The van der Waals surface area contributed by atoms with Crippen LogP contribution in [0.4, 0.5) is 0 Å². The Balaban J connectivity index is 2.23. The molecule has 0 atom stereocenters. The Morgan fingerprint density at radius 1 is 1.22 bits per heavy atom. The summed E-state index contributed by atoms with van der Waals surface area (Å²) < 4.78 is 15.8. The zero-order chi connectivity index (χ0) is 17.2. The highest BCUT2D eigenvalue weighted by molar-refractivity contribution is 7.46. The Morgan fingerprint density at radius 2 is 1.87 bits per heavy atom. The van der Waals surface area contributed by atoms with Crippen LogP contribution in [0.2, 0.25) is 0 Å². The van der Waals surface area contributed by atoms with Crippen LogP contribution in [0, 0.1) is 0 Å². The van der Waals surface area contributed by atoms with Gasteiger partial charge in [0.05, 0.1) is 5.52 Å². The molecular weight excluding hydrogens is 315 g/mol. The van der Waals surface area contributed by atoms with Crippen LogP contribution in [0.5, 0.6) is 5.75 Å². The van der Waals surface area contributed by atoms with Crippen LogP contribution in [0.25, 0.3) is 10.9 Å². The topological polar surface area (TPSA) is 85.8 Å². The molecule has 3 N–H and O–H groups in total. The molecule has 23 heavy (non-hydrogen) atoms. The first-order valence-corrected chi connectivity index (χ1v) is 9.32. The fraction of sp³-hybridized carbons (Fsp3) is 0.500.